The van der Waals surface area contributed by atoms with Crippen LogP contribution in [0.25, 0.3) is 23.3 Å². The molecule has 0 aliphatic heterocycles. The summed E-state index contributed by atoms with van der Waals surface area (Å²) >= 11 is 0. The molecule has 1 heterocycles. The summed E-state index contributed by atoms with van der Waals surface area (Å²) in [6, 6.07) is 22.1. The number of benzene rings is 3. The van der Waals surface area contributed by atoms with E-state index in [1.807, 2.05) is 59.3 Å². The van der Waals surface area contributed by atoms with Crippen LogP contribution in [-0.2, 0) is 0 Å². The molecule has 6 heteroatoms. The largest absolute Gasteiger partial charge is 0.384 e. The molecule has 6 nitrogen and oxygen atoms in total. The second kappa shape index (κ2) is 7.82. The third-order valence-corrected chi connectivity index (χ3v) is 4.44. The van der Waals surface area contributed by atoms with E-state index in [0.29, 0.717) is 16.8 Å². The van der Waals surface area contributed by atoms with Gasteiger partial charge in [-0.3, -0.25) is 14.8 Å². The molecule has 4 N–H and O–H groups in total. The van der Waals surface area contributed by atoms with Crippen molar-refractivity contribution in [2.45, 2.75) is 0 Å². The number of nitrogens with zero attached hydrogens (tertiary/aromatic N) is 2. The Morgan fingerprint density at radius 3 is 2.48 bits per heavy atom. The number of nitrogens with two attached hydrogens (primary N) is 1. The number of anilines is 1. The molecule has 0 fully saturated rings. The summed E-state index contributed by atoms with van der Waals surface area (Å²) in [5.74, 6) is -0.276. The fourth-order valence-corrected chi connectivity index (χ4v) is 2.90. The molecular weight excluding hydrogens is 362 g/mol. The van der Waals surface area contributed by atoms with Crippen molar-refractivity contribution < 1.29 is 4.79 Å². The Hall–Kier alpha value is -4.19. The van der Waals surface area contributed by atoms with Crippen molar-refractivity contribution in [1.29, 1.82) is 5.41 Å². The second-order valence-electron chi connectivity index (χ2n) is 6.46. The van der Waals surface area contributed by atoms with Crippen molar-refractivity contribution in [3.63, 3.8) is 0 Å². The zero-order valence-electron chi connectivity index (χ0n) is 15.5. The van der Waals surface area contributed by atoms with Crippen LogP contribution in [0.4, 0.5) is 5.69 Å². The molecule has 4 aromatic rings. The molecule has 3 aromatic carbocycles. The van der Waals surface area contributed by atoms with E-state index < -0.39 is 0 Å². The summed E-state index contributed by atoms with van der Waals surface area (Å²) in [5, 5.41) is 10.3. The highest BCUT2D eigenvalue weighted by molar-refractivity contribution is 6.05. The van der Waals surface area contributed by atoms with Gasteiger partial charge < -0.3 is 11.1 Å². The number of imidazole rings is 1. The maximum Gasteiger partial charge on any atom is 0.255 e. The van der Waals surface area contributed by atoms with Crippen LogP contribution in [0.1, 0.15) is 21.5 Å². The lowest BCUT2D eigenvalue weighted by atomic mass is 10.1. The summed E-state index contributed by atoms with van der Waals surface area (Å²) in [6.45, 7) is 0. The number of hydrogen-bond donors (Lipinski definition) is 3. The van der Waals surface area contributed by atoms with Gasteiger partial charge in [-0.2, -0.15) is 0 Å². The Morgan fingerprint density at radius 2 is 1.76 bits per heavy atom. The van der Waals surface area contributed by atoms with Gasteiger partial charge in [0.15, 0.2) is 6.33 Å². The summed E-state index contributed by atoms with van der Waals surface area (Å²) < 4.78 is 1.81. The van der Waals surface area contributed by atoms with Gasteiger partial charge in [0, 0.05) is 23.0 Å². The zero-order chi connectivity index (χ0) is 20.2. The van der Waals surface area contributed by atoms with Gasteiger partial charge in [0.1, 0.15) is 5.84 Å². The number of fused-ring (bicyclic) bond motifs is 1. The van der Waals surface area contributed by atoms with Crippen LogP contribution in [0.15, 0.2) is 72.8 Å². The Balaban J connectivity index is 1.51. The highest BCUT2D eigenvalue weighted by atomic mass is 16.1. The number of aromatic nitrogens is 2. The van der Waals surface area contributed by atoms with E-state index >= 15 is 0 Å². The van der Waals surface area contributed by atoms with Gasteiger partial charge >= 0.3 is 0 Å². The molecule has 0 aliphatic rings. The first-order valence-corrected chi connectivity index (χ1v) is 8.99. The molecule has 1 amide bonds. The third kappa shape index (κ3) is 4.06. The minimum atomic E-state index is -0.244. The van der Waals surface area contributed by atoms with Gasteiger partial charge in [-0.25, -0.2) is 4.98 Å². The van der Waals surface area contributed by atoms with E-state index in [9.17, 15) is 4.79 Å². The number of amides is 1. The van der Waals surface area contributed by atoms with E-state index in [-0.39, 0.29) is 11.7 Å². The number of nitrogen functional groups attached to an aromatic ring is 1. The number of hydrogen-bond acceptors (Lipinski definition) is 3. The molecule has 0 spiro atoms. The van der Waals surface area contributed by atoms with Gasteiger partial charge in [0.25, 0.3) is 5.91 Å². The average Bonchev–Trinajstić information content (AvgIpc) is 3.15. The van der Waals surface area contributed by atoms with E-state index in [1.165, 1.54) is 0 Å². The van der Waals surface area contributed by atoms with Crippen molar-refractivity contribution in [2.75, 3.05) is 5.32 Å². The molecule has 0 bridgehead atoms. The average molecular weight is 380 g/mol. The minimum absolute atomic E-state index is 0.0319. The highest BCUT2D eigenvalue weighted by Crippen LogP contribution is 2.19. The smallest absolute Gasteiger partial charge is 0.255 e. The number of rotatable bonds is 5. The van der Waals surface area contributed by atoms with Crippen molar-refractivity contribution in [1.82, 2.24) is 9.55 Å². The quantitative estimate of drug-likeness (QED) is 0.361. The van der Waals surface area contributed by atoms with Crippen LogP contribution in [-0.4, -0.2) is 21.3 Å². The number of carbonyl (C=O) groups excluding carboxylic acids is 1. The van der Waals surface area contributed by atoms with Crippen LogP contribution in [0.3, 0.4) is 0 Å². The molecule has 1 aromatic heterocycles. The fraction of sp³-hybridized carbons (Fsp3) is 0. The Labute approximate surface area is 167 Å². The summed E-state index contributed by atoms with van der Waals surface area (Å²) in [5.41, 5.74) is 9.85. The fourth-order valence-electron chi connectivity index (χ4n) is 2.90. The molecule has 4 rings (SSSR count). The highest BCUT2D eigenvalue weighted by Gasteiger charge is 2.09. The molecule has 0 aliphatic carbocycles. The molecule has 0 unspecified atom stereocenters. The molecular formula is C23H18N5O. The lowest BCUT2D eigenvalue weighted by Crippen LogP contribution is -2.14. The minimum Gasteiger partial charge on any atom is -0.384 e. The standard InChI is InChI=1S/C23H18N5O/c24-22(25)17-6-8-18(9-7-17)23(29)27-19-10-11-21-20(14-19)26-15-28(21)13-12-16-4-2-1-3-5-16/h1-14H,(H3,24,25)(H,27,29). The SMILES string of the molecule is N=C(N)c1ccc(C(=O)Nc2ccc3c(c2)n[c]n3C=Cc2ccccc2)cc1. The van der Waals surface area contributed by atoms with Gasteiger partial charge in [0.2, 0.25) is 0 Å². The third-order valence-electron chi connectivity index (χ3n) is 4.44. The normalized spacial score (nSPS) is 11.0. The van der Waals surface area contributed by atoms with E-state index in [2.05, 4.69) is 16.6 Å². The predicted octanol–water partition coefficient (Wildman–Crippen LogP) is 4.00. The number of carbonyl (C=O) groups is 1. The van der Waals surface area contributed by atoms with Crippen molar-refractivity contribution in [3.8, 4) is 0 Å². The van der Waals surface area contributed by atoms with Crippen molar-refractivity contribution >= 4 is 40.7 Å². The summed E-state index contributed by atoms with van der Waals surface area (Å²) in [4.78, 5) is 16.8. The first-order chi connectivity index (χ1) is 14.1. The maximum atomic E-state index is 12.5. The summed E-state index contributed by atoms with van der Waals surface area (Å²) in [7, 11) is 0. The lowest BCUT2D eigenvalue weighted by Gasteiger charge is -2.06. The zero-order valence-corrected chi connectivity index (χ0v) is 15.5. The van der Waals surface area contributed by atoms with E-state index in [0.717, 1.165) is 16.6 Å². The number of amidine groups is 1. The van der Waals surface area contributed by atoms with Crippen LogP contribution in [0.5, 0.6) is 0 Å². The Bertz CT molecular complexity index is 1210. The van der Waals surface area contributed by atoms with Crippen LogP contribution < -0.4 is 11.1 Å². The monoisotopic (exact) mass is 380 g/mol. The number of nitrogens with one attached hydrogen (secondary N) is 2. The van der Waals surface area contributed by atoms with Crippen molar-refractivity contribution in [3.05, 3.63) is 95.8 Å². The van der Waals surface area contributed by atoms with Crippen LogP contribution in [0.2, 0.25) is 0 Å². The molecule has 0 saturated heterocycles. The molecule has 0 atom stereocenters. The molecule has 141 valence electrons. The molecule has 1 radical (unpaired) electrons. The second-order valence-corrected chi connectivity index (χ2v) is 6.46. The van der Waals surface area contributed by atoms with Crippen LogP contribution >= 0.6 is 0 Å². The first-order valence-electron chi connectivity index (χ1n) is 8.99. The van der Waals surface area contributed by atoms with Crippen molar-refractivity contribution in [2.24, 2.45) is 5.73 Å². The van der Waals surface area contributed by atoms with Gasteiger partial charge in [0.05, 0.1) is 11.0 Å². The van der Waals surface area contributed by atoms with Gasteiger partial charge in [-0.1, -0.05) is 42.5 Å². The maximum absolute atomic E-state index is 12.5. The molecule has 0 saturated carbocycles. The predicted molar refractivity (Wildman–Crippen MR) is 116 cm³/mol. The van der Waals surface area contributed by atoms with E-state index in [4.69, 9.17) is 11.1 Å². The first kappa shape index (κ1) is 18.2. The summed E-state index contributed by atoms with van der Waals surface area (Å²) in [6.07, 6.45) is 6.83. The van der Waals surface area contributed by atoms with E-state index in [1.54, 1.807) is 30.3 Å². The molecule has 29 heavy (non-hydrogen) atoms. The van der Waals surface area contributed by atoms with Gasteiger partial charge in [-0.15, -0.1) is 0 Å². The van der Waals surface area contributed by atoms with Crippen LogP contribution in [0, 0.1) is 11.7 Å². The Kier molecular flexibility index (Phi) is 4.90. The Morgan fingerprint density at radius 1 is 1.03 bits per heavy atom. The topological polar surface area (TPSA) is 96.8 Å². The lowest BCUT2D eigenvalue weighted by molar-refractivity contribution is 0.102. The van der Waals surface area contributed by atoms with Gasteiger partial charge in [-0.05, 0) is 42.0 Å².